The number of aliphatic hydroxyl groups is 1. The molecule has 8 heteroatoms. The lowest BCUT2D eigenvalue weighted by Gasteiger charge is -2.61. The molecule has 2 amide bonds. The van der Waals surface area contributed by atoms with Crippen LogP contribution < -0.4 is 4.90 Å². The molecule has 2 aromatic rings. The summed E-state index contributed by atoms with van der Waals surface area (Å²) in [5.41, 5.74) is 1.04. The molecular weight excluding hydrogens is 534 g/mol. The number of carbonyl (C=O) groups is 1. The van der Waals surface area contributed by atoms with Gasteiger partial charge in [-0.2, -0.15) is 0 Å². The number of benzene rings is 2. The lowest BCUT2D eigenvalue weighted by atomic mass is 9.59. The maximum atomic E-state index is 14.4. The van der Waals surface area contributed by atoms with Gasteiger partial charge in [-0.25, -0.2) is 13.2 Å². The third-order valence-electron chi connectivity index (χ3n) is 11.0. The van der Waals surface area contributed by atoms with Crippen molar-refractivity contribution in [1.82, 2.24) is 9.80 Å². The highest BCUT2D eigenvalue weighted by molar-refractivity contribution is 7.90. The largest absolute Gasteiger partial charge is 0.371 e. The van der Waals surface area contributed by atoms with Crippen LogP contribution in [0.25, 0.3) is 0 Å². The average Bonchev–Trinajstić information content (AvgIpc) is 3.14. The fraction of sp³-hybridized carbons (Fsp3) is 0.606. The molecule has 2 saturated carbocycles. The molecule has 0 radical (unpaired) electrons. The van der Waals surface area contributed by atoms with Crippen molar-refractivity contribution >= 4 is 21.6 Å². The molecule has 7 nitrogen and oxygen atoms in total. The molecule has 5 rings (SSSR count). The van der Waals surface area contributed by atoms with E-state index in [1.54, 1.807) is 0 Å². The predicted molar refractivity (Wildman–Crippen MR) is 165 cm³/mol. The van der Waals surface area contributed by atoms with Crippen LogP contribution in [0.4, 0.5) is 10.5 Å². The second-order valence-electron chi connectivity index (χ2n) is 12.7. The highest BCUT2D eigenvalue weighted by atomic mass is 32.2. The minimum atomic E-state index is -3.27. The Balaban J connectivity index is 1.62. The summed E-state index contributed by atoms with van der Waals surface area (Å²) in [7, 11) is -1.08. The summed E-state index contributed by atoms with van der Waals surface area (Å²) in [6.45, 7) is 6.55. The zero-order valence-electron chi connectivity index (χ0n) is 25.4. The van der Waals surface area contributed by atoms with Crippen LogP contribution in [0.3, 0.4) is 0 Å². The number of anilines is 1. The standard InChI is InChI=1S/C33H47N3O4S/c1-6-31(7-2)32(36(33(38)18-13-19-33)29(37)35(31)24-25-41(5,39)40)22-20-30(21-23-32,27-15-9-8-10-16-27)34(4)28-17-12-11-14-26(28)3/h8-12,14-17,38H,6-7,13,18-25H2,1-5H3. The predicted octanol–water partition coefficient (Wildman–Crippen LogP) is 5.85. The van der Waals surface area contributed by atoms with Crippen molar-refractivity contribution in [3.05, 3.63) is 65.7 Å². The van der Waals surface area contributed by atoms with Crippen LogP contribution in [-0.4, -0.2) is 71.8 Å². The summed E-state index contributed by atoms with van der Waals surface area (Å²) in [4.78, 5) is 20.5. The van der Waals surface area contributed by atoms with Gasteiger partial charge in [0.1, 0.15) is 15.6 Å². The lowest BCUT2D eigenvalue weighted by molar-refractivity contribution is -0.186. The molecule has 0 unspecified atom stereocenters. The van der Waals surface area contributed by atoms with E-state index in [2.05, 4.69) is 87.3 Å². The molecule has 0 atom stereocenters. The Morgan fingerprint density at radius 2 is 1.49 bits per heavy atom. The van der Waals surface area contributed by atoms with Crippen molar-refractivity contribution in [2.75, 3.05) is 30.5 Å². The molecule has 1 spiro atoms. The first-order chi connectivity index (χ1) is 19.4. The number of rotatable bonds is 9. The molecule has 3 aliphatic rings. The topological polar surface area (TPSA) is 81.2 Å². The average molecular weight is 582 g/mol. The van der Waals surface area contributed by atoms with E-state index in [4.69, 9.17) is 0 Å². The van der Waals surface area contributed by atoms with Gasteiger partial charge in [0.05, 0.1) is 22.4 Å². The number of aryl methyl sites for hydroxylation is 1. The molecule has 1 aliphatic heterocycles. The number of hydrogen-bond donors (Lipinski definition) is 1. The van der Waals surface area contributed by atoms with Gasteiger partial charge < -0.3 is 14.9 Å². The number of nitrogens with zero attached hydrogens (tertiary/aromatic N) is 3. The SMILES string of the molecule is CCC1(CC)N(CCS(C)(=O)=O)C(=O)N(C2(O)CCC2)C12CCC(c1ccccc1)(N(C)c1ccccc1C)CC2. The second-order valence-corrected chi connectivity index (χ2v) is 15.0. The van der Waals surface area contributed by atoms with Crippen molar-refractivity contribution < 1.29 is 18.3 Å². The highest BCUT2D eigenvalue weighted by Gasteiger charge is 2.71. The van der Waals surface area contributed by atoms with Gasteiger partial charge in [0.2, 0.25) is 0 Å². The van der Waals surface area contributed by atoms with Gasteiger partial charge in [0.15, 0.2) is 0 Å². The smallest absolute Gasteiger partial charge is 0.323 e. The summed E-state index contributed by atoms with van der Waals surface area (Å²) in [5, 5.41) is 11.9. The fourth-order valence-corrected chi connectivity index (χ4v) is 9.11. The van der Waals surface area contributed by atoms with Crippen LogP contribution in [-0.2, 0) is 15.4 Å². The Bertz CT molecular complexity index is 1360. The quantitative estimate of drug-likeness (QED) is 0.402. The zero-order chi connectivity index (χ0) is 29.7. The summed E-state index contributed by atoms with van der Waals surface area (Å²) in [5.74, 6) is -0.0766. The van der Waals surface area contributed by atoms with Crippen molar-refractivity contribution in [2.24, 2.45) is 0 Å². The number of sulfone groups is 1. The van der Waals surface area contributed by atoms with Crippen molar-refractivity contribution in [1.29, 1.82) is 0 Å². The Labute approximate surface area is 246 Å². The molecule has 2 aliphatic carbocycles. The number of carbonyl (C=O) groups excluding carboxylic acids is 1. The summed E-state index contributed by atoms with van der Waals surface area (Å²) in [6, 6.07) is 19.0. The Kier molecular flexibility index (Phi) is 7.73. The zero-order valence-corrected chi connectivity index (χ0v) is 26.2. The van der Waals surface area contributed by atoms with Crippen molar-refractivity contribution in [3.63, 3.8) is 0 Å². The van der Waals surface area contributed by atoms with E-state index in [0.29, 0.717) is 25.7 Å². The second kappa shape index (κ2) is 10.6. The lowest BCUT2D eigenvalue weighted by Crippen LogP contribution is -2.70. The molecule has 1 heterocycles. The first-order valence-electron chi connectivity index (χ1n) is 15.3. The van der Waals surface area contributed by atoms with Crippen molar-refractivity contribution in [2.45, 2.75) is 101 Å². The van der Waals surface area contributed by atoms with Crippen LogP contribution >= 0.6 is 0 Å². The fourth-order valence-electron chi connectivity index (χ4n) is 8.60. The first-order valence-corrected chi connectivity index (χ1v) is 17.3. The molecule has 41 heavy (non-hydrogen) atoms. The van der Waals surface area contributed by atoms with E-state index in [1.165, 1.54) is 23.1 Å². The van der Waals surface area contributed by atoms with Crippen LogP contribution in [0.15, 0.2) is 54.6 Å². The molecule has 0 bridgehead atoms. The highest BCUT2D eigenvalue weighted by Crippen LogP contribution is 2.61. The van der Waals surface area contributed by atoms with Gasteiger partial charge in [-0.15, -0.1) is 0 Å². The van der Waals surface area contributed by atoms with Gasteiger partial charge in [0, 0.05) is 25.5 Å². The number of hydrogen-bond acceptors (Lipinski definition) is 5. The van der Waals surface area contributed by atoms with E-state index in [9.17, 15) is 18.3 Å². The first kappa shape index (κ1) is 29.9. The van der Waals surface area contributed by atoms with Gasteiger partial charge >= 0.3 is 6.03 Å². The number of amides is 2. The molecule has 2 aromatic carbocycles. The summed E-state index contributed by atoms with van der Waals surface area (Å²) < 4.78 is 24.5. The van der Waals surface area contributed by atoms with E-state index >= 15 is 0 Å². The van der Waals surface area contributed by atoms with E-state index in [-0.39, 0.29) is 23.9 Å². The monoisotopic (exact) mass is 581 g/mol. The Hall–Kier alpha value is -2.58. The summed E-state index contributed by atoms with van der Waals surface area (Å²) >= 11 is 0. The van der Waals surface area contributed by atoms with E-state index in [0.717, 1.165) is 32.1 Å². The van der Waals surface area contributed by atoms with Crippen LogP contribution in [0.1, 0.15) is 82.8 Å². The molecular formula is C33H47N3O4S. The molecule has 1 saturated heterocycles. The van der Waals surface area contributed by atoms with Crippen molar-refractivity contribution in [3.8, 4) is 0 Å². The van der Waals surface area contributed by atoms with Gasteiger partial charge in [-0.05, 0) is 81.9 Å². The maximum absolute atomic E-state index is 14.4. The van der Waals surface area contributed by atoms with E-state index < -0.39 is 26.6 Å². The Morgan fingerprint density at radius 3 is 2.00 bits per heavy atom. The normalized spacial score (nSPS) is 27.2. The van der Waals surface area contributed by atoms with Gasteiger partial charge in [-0.3, -0.25) is 4.90 Å². The van der Waals surface area contributed by atoms with Crippen LogP contribution in [0, 0.1) is 6.92 Å². The third kappa shape index (κ3) is 4.56. The third-order valence-corrected chi connectivity index (χ3v) is 11.9. The summed E-state index contributed by atoms with van der Waals surface area (Å²) in [6.07, 6.45) is 7.73. The molecule has 1 N–H and O–H groups in total. The number of urea groups is 1. The minimum absolute atomic E-state index is 0.0766. The molecule has 224 valence electrons. The van der Waals surface area contributed by atoms with E-state index in [1.807, 2.05) is 9.80 Å². The van der Waals surface area contributed by atoms with Gasteiger partial charge in [0.25, 0.3) is 0 Å². The Morgan fingerprint density at radius 1 is 0.902 bits per heavy atom. The number of para-hydroxylation sites is 1. The van der Waals surface area contributed by atoms with Crippen LogP contribution in [0.5, 0.6) is 0 Å². The van der Waals surface area contributed by atoms with Gasteiger partial charge in [-0.1, -0.05) is 62.4 Å². The molecule has 0 aromatic heterocycles. The molecule has 3 fully saturated rings. The maximum Gasteiger partial charge on any atom is 0.323 e. The van der Waals surface area contributed by atoms with Crippen LogP contribution in [0.2, 0.25) is 0 Å². The minimum Gasteiger partial charge on any atom is -0.371 e.